The molecule has 1 amide bonds. The van der Waals surface area contributed by atoms with Crippen LogP contribution in [0.25, 0.3) is 0 Å². The second kappa shape index (κ2) is 13.7. The molecule has 2 fully saturated rings. The number of rotatable bonds is 8. The summed E-state index contributed by atoms with van der Waals surface area (Å²) in [5.74, 6) is 0.673. The van der Waals surface area contributed by atoms with Crippen molar-refractivity contribution < 1.29 is 9.53 Å². The third-order valence-electron chi connectivity index (χ3n) is 6.19. The van der Waals surface area contributed by atoms with Gasteiger partial charge in [0.05, 0.1) is 0 Å². The summed E-state index contributed by atoms with van der Waals surface area (Å²) in [6, 6.07) is 16.7. The standard InChI is InChI=1S/C26H35N5O2.HI/c1-27-26(28-17-20-9-11-21(12-10-20)19-31-13-2-3-14-31)29-18-22-6-4-7-23(16-22)30-25(32)24-8-5-15-33-24;/h4,6-7,9-12,16,24H,2-3,5,8,13-15,17-19H2,1H3,(H,30,32)(H2,27,28,29);1H. The van der Waals surface area contributed by atoms with E-state index in [1.54, 1.807) is 7.05 Å². The van der Waals surface area contributed by atoms with Gasteiger partial charge in [0.15, 0.2) is 5.96 Å². The molecule has 2 aliphatic rings. The first-order chi connectivity index (χ1) is 16.2. The van der Waals surface area contributed by atoms with Crippen molar-refractivity contribution in [3.05, 3.63) is 65.2 Å². The van der Waals surface area contributed by atoms with Crippen LogP contribution in [0.2, 0.25) is 0 Å². The summed E-state index contributed by atoms with van der Waals surface area (Å²) in [5, 5.41) is 9.68. The number of aliphatic imine (C=N–C) groups is 1. The lowest BCUT2D eigenvalue weighted by molar-refractivity contribution is -0.124. The number of likely N-dealkylation sites (tertiary alicyclic amines) is 1. The molecule has 2 aliphatic heterocycles. The predicted molar refractivity (Wildman–Crippen MR) is 147 cm³/mol. The molecule has 2 aromatic carbocycles. The number of guanidine groups is 1. The van der Waals surface area contributed by atoms with Crippen LogP contribution in [-0.2, 0) is 29.2 Å². The van der Waals surface area contributed by atoms with Gasteiger partial charge in [-0.2, -0.15) is 0 Å². The number of hydrogen-bond acceptors (Lipinski definition) is 4. The minimum Gasteiger partial charge on any atom is -0.368 e. The van der Waals surface area contributed by atoms with Gasteiger partial charge < -0.3 is 20.7 Å². The lowest BCUT2D eigenvalue weighted by atomic mass is 10.1. The summed E-state index contributed by atoms with van der Waals surface area (Å²) in [6.45, 7) is 5.46. The number of nitrogens with zero attached hydrogens (tertiary/aromatic N) is 2. The van der Waals surface area contributed by atoms with Gasteiger partial charge in [-0.15, -0.1) is 24.0 Å². The number of carbonyl (C=O) groups is 1. The largest absolute Gasteiger partial charge is 0.368 e. The van der Waals surface area contributed by atoms with E-state index in [0.29, 0.717) is 19.7 Å². The molecule has 2 aromatic rings. The van der Waals surface area contributed by atoms with E-state index in [1.807, 2.05) is 24.3 Å². The molecular formula is C26H36IN5O2. The Bertz CT molecular complexity index is 938. The van der Waals surface area contributed by atoms with Crippen LogP contribution in [-0.4, -0.2) is 49.6 Å². The molecule has 4 rings (SSSR count). The number of halogens is 1. The van der Waals surface area contributed by atoms with Gasteiger partial charge in [0.1, 0.15) is 6.10 Å². The maximum absolute atomic E-state index is 12.3. The molecule has 1 atom stereocenters. The number of hydrogen-bond donors (Lipinski definition) is 3. The fourth-order valence-corrected chi connectivity index (χ4v) is 4.32. The second-order valence-corrected chi connectivity index (χ2v) is 8.77. The van der Waals surface area contributed by atoms with Gasteiger partial charge in [-0.1, -0.05) is 36.4 Å². The van der Waals surface area contributed by atoms with Crippen LogP contribution in [0.5, 0.6) is 0 Å². The topological polar surface area (TPSA) is 78.0 Å². The van der Waals surface area contributed by atoms with Crippen molar-refractivity contribution in [1.29, 1.82) is 0 Å². The third-order valence-corrected chi connectivity index (χ3v) is 6.19. The van der Waals surface area contributed by atoms with Gasteiger partial charge in [0, 0.05) is 39.0 Å². The second-order valence-electron chi connectivity index (χ2n) is 8.77. The van der Waals surface area contributed by atoms with Crippen LogP contribution in [0.15, 0.2) is 53.5 Å². The third kappa shape index (κ3) is 7.95. The molecule has 0 aromatic heterocycles. The first-order valence-corrected chi connectivity index (χ1v) is 12.0. The highest BCUT2D eigenvalue weighted by molar-refractivity contribution is 14.0. The van der Waals surface area contributed by atoms with Gasteiger partial charge in [0.2, 0.25) is 0 Å². The molecule has 184 valence electrons. The molecule has 7 nitrogen and oxygen atoms in total. The maximum Gasteiger partial charge on any atom is 0.253 e. The fraction of sp³-hybridized carbons (Fsp3) is 0.462. The van der Waals surface area contributed by atoms with Crippen LogP contribution in [0.4, 0.5) is 5.69 Å². The smallest absolute Gasteiger partial charge is 0.253 e. The molecule has 2 heterocycles. The minimum atomic E-state index is -0.330. The highest BCUT2D eigenvalue weighted by Crippen LogP contribution is 2.16. The number of ether oxygens (including phenoxy) is 1. The summed E-state index contributed by atoms with van der Waals surface area (Å²) in [4.78, 5) is 19.1. The highest BCUT2D eigenvalue weighted by Gasteiger charge is 2.23. The molecule has 3 N–H and O–H groups in total. The lowest BCUT2D eigenvalue weighted by Crippen LogP contribution is -2.36. The Morgan fingerprint density at radius 1 is 1.00 bits per heavy atom. The van der Waals surface area contributed by atoms with E-state index in [4.69, 9.17) is 4.74 Å². The molecule has 34 heavy (non-hydrogen) atoms. The number of benzene rings is 2. The van der Waals surface area contributed by atoms with E-state index >= 15 is 0 Å². The number of carbonyl (C=O) groups excluding carboxylic acids is 1. The van der Waals surface area contributed by atoms with E-state index in [2.05, 4.69) is 50.1 Å². The highest BCUT2D eigenvalue weighted by atomic mass is 127. The van der Waals surface area contributed by atoms with Gasteiger partial charge in [-0.3, -0.25) is 14.7 Å². The molecule has 0 aliphatic carbocycles. The Hall–Kier alpha value is -2.17. The molecule has 2 saturated heterocycles. The van der Waals surface area contributed by atoms with Crippen molar-refractivity contribution in [2.24, 2.45) is 4.99 Å². The van der Waals surface area contributed by atoms with Crippen LogP contribution in [0, 0.1) is 0 Å². The van der Waals surface area contributed by atoms with Crippen LogP contribution >= 0.6 is 24.0 Å². The molecule has 0 bridgehead atoms. The van der Waals surface area contributed by atoms with Crippen LogP contribution in [0.1, 0.15) is 42.4 Å². The molecular weight excluding hydrogens is 541 g/mol. The Morgan fingerprint density at radius 2 is 1.71 bits per heavy atom. The van der Waals surface area contributed by atoms with Gasteiger partial charge in [-0.25, -0.2) is 0 Å². The van der Waals surface area contributed by atoms with Gasteiger partial charge >= 0.3 is 0 Å². The number of nitrogens with one attached hydrogen (secondary N) is 3. The summed E-state index contributed by atoms with van der Waals surface area (Å²) in [7, 11) is 1.77. The normalized spacial score (nSPS) is 18.4. The van der Waals surface area contributed by atoms with Crippen LogP contribution < -0.4 is 16.0 Å². The van der Waals surface area contributed by atoms with Crippen molar-refractivity contribution >= 4 is 41.5 Å². The van der Waals surface area contributed by atoms with E-state index in [-0.39, 0.29) is 36.0 Å². The summed E-state index contributed by atoms with van der Waals surface area (Å²) in [6.07, 6.45) is 4.04. The zero-order valence-corrected chi connectivity index (χ0v) is 22.2. The maximum atomic E-state index is 12.3. The molecule has 0 radical (unpaired) electrons. The van der Waals surface area contributed by atoms with E-state index in [9.17, 15) is 4.79 Å². The van der Waals surface area contributed by atoms with Crippen molar-refractivity contribution in [2.75, 3.05) is 32.1 Å². The molecule has 1 unspecified atom stereocenters. The van der Waals surface area contributed by atoms with Crippen molar-refractivity contribution in [1.82, 2.24) is 15.5 Å². The molecule has 8 heteroatoms. The Kier molecular flexibility index (Phi) is 10.6. The fourth-order valence-electron chi connectivity index (χ4n) is 4.32. The average Bonchev–Trinajstić information content (AvgIpc) is 3.55. The number of anilines is 1. The lowest BCUT2D eigenvalue weighted by Gasteiger charge is -2.15. The average molecular weight is 578 g/mol. The van der Waals surface area contributed by atoms with Gasteiger partial charge in [0.25, 0.3) is 5.91 Å². The Labute approximate surface area is 219 Å². The molecule has 0 spiro atoms. The number of amides is 1. The quantitative estimate of drug-likeness (QED) is 0.252. The zero-order chi connectivity index (χ0) is 22.9. The van der Waals surface area contributed by atoms with E-state index in [0.717, 1.165) is 36.6 Å². The Morgan fingerprint density at radius 3 is 2.38 bits per heavy atom. The van der Waals surface area contributed by atoms with Crippen molar-refractivity contribution in [3.63, 3.8) is 0 Å². The SMILES string of the molecule is CN=C(NCc1ccc(CN2CCCC2)cc1)NCc1cccc(NC(=O)C2CCCO2)c1.I. The first kappa shape index (κ1) is 26.4. The summed E-state index contributed by atoms with van der Waals surface area (Å²) in [5.41, 5.74) is 4.44. The zero-order valence-electron chi connectivity index (χ0n) is 19.9. The monoisotopic (exact) mass is 577 g/mol. The molecule has 0 saturated carbocycles. The van der Waals surface area contributed by atoms with E-state index < -0.39 is 0 Å². The summed E-state index contributed by atoms with van der Waals surface area (Å²) < 4.78 is 5.46. The van der Waals surface area contributed by atoms with Crippen LogP contribution in [0.3, 0.4) is 0 Å². The van der Waals surface area contributed by atoms with E-state index in [1.165, 1.54) is 37.1 Å². The minimum absolute atomic E-state index is 0. The summed E-state index contributed by atoms with van der Waals surface area (Å²) >= 11 is 0. The van der Waals surface area contributed by atoms with Crippen molar-refractivity contribution in [3.8, 4) is 0 Å². The Balaban J connectivity index is 0.00000324. The predicted octanol–water partition coefficient (Wildman–Crippen LogP) is 3.88. The van der Waals surface area contributed by atoms with Gasteiger partial charge in [-0.05, 0) is 67.6 Å². The van der Waals surface area contributed by atoms with Crippen molar-refractivity contribution in [2.45, 2.75) is 51.4 Å². The first-order valence-electron chi connectivity index (χ1n) is 12.0.